The van der Waals surface area contributed by atoms with Gasteiger partial charge in [0.2, 0.25) is 0 Å². The number of methoxy groups -OCH3 is 1. The molecule has 0 spiro atoms. The summed E-state index contributed by atoms with van der Waals surface area (Å²) < 4.78 is 20.3. The fourth-order valence-corrected chi connectivity index (χ4v) is 2.73. The van der Waals surface area contributed by atoms with E-state index in [2.05, 4.69) is 28.9 Å². The highest BCUT2D eigenvalue weighted by molar-refractivity contribution is 9.10. The highest BCUT2D eigenvalue weighted by Gasteiger charge is 2.35. The van der Waals surface area contributed by atoms with Crippen LogP contribution in [0.4, 0.5) is 4.39 Å². The minimum Gasteiger partial charge on any atom is -0.381 e. The third-order valence-corrected chi connectivity index (χ3v) is 4.52. The number of benzene rings is 1. The van der Waals surface area contributed by atoms with Crippen LogP contribution in [0.25, 0.3) is 0 Å². The van der Waals surface area contributed by atoms with Gasteiger partial charge in [-0.1, -0.05) is 35.0 Å². The Kier molecular flexibility index (Phi) is 5.96. The molecule has 1 rings (SSSR count). The molecular weight excluding hydrogens is 309 g/mol. The van der Waals surface area contributed by atoms with Crippen LogP contribution in [0.15, 0.2) is 22.7 Å². The van der Waals surface area contributed by atoms with Gasteiger partial charge in [-0.15, -0.1) is 0 Å². The predicted molar refractivity (Wildman–Crippen MR) is 81.1 cm³/mol. The largest absolute Gasteiger partial charge is 0.381 e. The SMILES string of the molecule is COCC(C)(F)C(N)[C@H](C)Cc1cccc(Br)c1C. The first-order valence-electron chi connectivity index (χ1n) is 6.47. The van der Waals surface area contributed by atoms with E-state index in [1.165, 1.54) is 25.2 Å². The van der Waals surface area contributed by atoms with Gasteiger partial charge in [0, 0.05) is 17.6 Å². The van der Waals surface area contributed by atoms with E-state index >= 15 is 0 Å². The summed E-state index contributed by atoms with van der Waals surface area (Å²) in [5.41, 5.74) is 6.93. The lowest BCUT2D eigenvalue weighted by molar-refractivity contribution is 0.0217. The van der Waals surface area contributed by atoms with E-state index in [1.807, 2.05) is 19.1 Å². The van der Waals surface area contributed by atoms with Gasteiger partial charge in [0.15, 0.2) is 0 Å². The third-order valence-electron chi connectivity index (χ3n) is 3.66. The molecule has 0 aliphatic heterocycles. The monoisotopic (exact) mass is 331 g/mol. The molecule has 0 fully saturated rings. The molecule has 0 bridgehead atoms. The molecule has 0 amide bonds. The van der Waals surface area contributed by atoms with Gasteiger partial charge in [0.05, 0.1) is 6.61 Å². The van der Waals surface area contributed by atoms with E-state index in [0.717, 1.165) is 10.9 Å². The molecule has 19 heavy (non-hydrogen) atoms. The maximum Gasteiger partial charge on any atom is 0.146 e. The Morgan fingerprint density at radius 2 is 2.11 bits per heavy atom. The molecule has 1 aromatic rings. The first-order chi connectivity index (χ1) is 8.79. The van der Waals surface area contributed by atoms with Gasteiger partial charge >= 0.3 is 0 Å². The molecule has 0 saturated carbocycles. The van der Waals surface area contributed by atoms with E-state index in [4.69, 9.17) is 10.5 Å². The molecule has 2 N–H and O–H groups in total. The zero-order chi connectivity index (χ0) is 14.6. The summed E-state index contributed by atoms with van der Waals surface area (Å²) in [5.74, 6) is 0.0400. The van der Waals surface area contributed by atoms with Gasteiger partial charge < -0.3 is 10.5 Å². The van der Waals surface area contributed by atoms with E-state index in [0.29, 0.717) is 0 Å². The quantitative estimate of drug-likeness (QED) is 0.863. The van der Waals surface area contributed by atoms with Crippen molar-refractivity contribution in [3.8, 4) is 0 Å². The number of hydrogen-bond acceptors (Lipinski definition) is 2. The molecule has 3 atom stereocenters. The standard InChI is InChI=1S/C15H23BrFNO/c1-10(14(18)15(3,17)9-19-4)8-12-6-5-7-13(16)11(12)2/h5-7,10,14H,8-9,18H2,1-4H3/t10-,14?,15?/m1/s1. The van der Waals surface area contributed by atoms with Crippen LogP contribution in [0.3, 0.4) is 0 Å². The van der Waals surface area contributed by atoms with Crippen molar-refractivity contribution < 1.29 is 9.13 Å². The van der Waals surface area contributed by atoms with Crippen LogP contribution in [0, 0.1) is 12.8 Å². The van der Waals surface area contributed by atoms with Crippen molar-refractivity contribution in [2.24, 2.45) is 11.7 Å². The maximum atomic E-state index is 14.4. The predicted octanol–water partition coefficient (Wildman–Crippen LogP) is 3.64. The zero-order valence-electron chi connectivity index (χ0n) is 12.0. The van der Waals surface area contributed by atoms with Crippen LogP contribution in [-0.2, 0) is 11.2 Å². The van der Waals surface area contributed by atoms with Crippen molar-refractivity contribution in [3.63, 3.8) is 0 Å². The Morgan fingerprint density at radius 1 is 1.47 bits per heavy atom. The first-order valence-corrected chi connectivity index (χ1v) is 7.26. The molecule has 1 aromatic carbocycles. The zero-order valence-corrected chi connectivity index (χ0v) is 13.6. The van der Waals surface area contributed by atoms with E-state index in [9.17, 15) is 4.39 Å². The molecule has 0 heterocycles. The highest BCUT2D eigenvalue weighted by atomic mass is 79.9. The van der Waals surface area contributed by atoms with Crippen molar-refractivity contribution in [1.82, 2.24) is 0 Å². The van der Waals surface area contributed by atoms with Crippen LogP contribution in [0.2, 0.25) is 0 Å². The topological polar surface area (TPSA) is 35.2 Å². The number of halogens is 2. The van der Waals surface area contributed by atoms with Crippen LogP contribution >= 0.6 is 15.9 Å². The molecule has 4 heteroatoms. The summed E-state index contributed by atoms with van der Waals surface area (Å²) in [6.45, 7) is 5.57. The average molecular weight is 332 g/mol. The van der Waals surface area contributed by atoms with Gasteiger partial charge in [-0.25, -0.2) is 4.39 Å². The molecule has 0 aliphatic rings. The van der Waals surface area contributed by atoms with Crippen LogP contribution in [-0.4, -0.2) is 25.4 Å². The van der Waals surface area contributed by atoms with Gasteiger partial charge in [0.25, 0.3) is 0 Å². The van der Waals surface area contributed by atoms with Crippen LogP contribution < -0.4 is 5.73 Å². The smallest absolute Gasteiger partial charge is 0.146 e. The second kappa shape index (κ2) is 6.82. The second-order valence-corrected chi connectivity index (χ2v) is 6.30. The van der Waals surface area contributed by atoms with Gasteiger partial charge in [0.1, 0.15) is 5.67 Å². The van der Waals surface area contributed by atoms with Crippen LogP contribution in [0.1, 0.15) is 25.0 Å². The average Bonchev–Trinajstić information content (AvgIpc) is 2.33. The molecule has 0 aliphatic carbocycles. The molecule has 2 nitrogen and oxygen atoms in total. The molecule has 108 valence electrons. The fourth-order valence-electron chi connectivity index (χ4n) is 2.32. The summed E-state index contributed by atoms with van der Waals surface area (Å²) >= 11 is 3.51. The summed E-state index contributed by atoms with van der Waals surface area (Å²) in [6.07, 6.45) is 0.760. The van der Waals surface area contributed by atoms with Gasteiger partial charge in [-0.3, -0.25) is 0 Å². The summed E-state index contributed by atoms with van der Waals surface area (Å²) in [7, 11) is 1.49. The van der Waals surface area contributed by atoms with Gasteiger partial charge in [-0.05, 0) is 43.4 Å². The van der Waals surface area contributed by atoms with Crippen molar-refractivity contribution in [1.29, 1.82) is 0 Å². The maximum absolute atomic E-state index is 14.4. The number of alkyl halides is 1. The molecule has 0 saturated heterocycles. The van der Waals surface area contributed by atoms with Crippen molar-refractivity contribution in [2.45, 2.75) is 38.9 Å². The minimum absolute atomic E-state index is 0.0238. The Balaban J connectivity index is 2.79. The number of nitrogens with two attached hydrogens (primary N) is 1. The number of hydrogen-bond donors (Lipinski definition) is 1. The van der Waals surface area contributed by atoms with Crippen molar-refractivity contribution >= 4 is 15.9 Å². The Bertz CT molecular complexity index is 423. The number of ether oxygens (including phenoxy) is 1. The summed E-state index contributed by atoms with van der Waals surface area (Å²) in [6, 6.07) is 5.52. The third kappa shape index (κ3) is 4.26. The van der Waals surface area contributed by atoms with E-state index < -0.39 is 11.7 Å². The Hall–Kier alpha value is -0.450. The molecule has 0 radical (unpaired) electrons. The minimum atomic E-state index is -1.51. The lowest BCUT2D eigenvalue weighted by atomic mass is 9.84. The Labute approximate surface area is 123 Å². The summed E-state index contributed by atoms with van der Waals surface area (Å²) in [4.78, 5) is 0. The lowest BCUT2D eigenvalue weighted by Crippen LogP contribution is -2.49. The van der Waals surface area contributed by atoms with Crippen molar-refractivity contribution in [2.75, 3.05) is 13.7 Å². The van der Waals surface area contributed by atoms with Crippen molar-refractivity contribution in [3.05, 3.63) is 33.8 Å². The van der Waals surface area contributed by atoms with Gasteiger partial charge in [-0.2, -0.15) is 0 Å². The lowest BCUT2D eigenvalue weighted by Gasteiger charge is -2.31. The Morgan fingerprint density at radius 3 is 2.68 bits per heavy atom. The number of rotatable bonds is 6. The molecule has 2 unspecified atom stereocenters. The van der Waals surface area contributed by atoms with E-state index in [1.54, 1.807) is 0 Å². The first kappa shape index (κ1) is 16.6. The highest BCUT2D eigenvalue weighted by Crippen LogP contribution is 2.26. The van der Waals surface area contributed by atoms with E-state index in [-0.39, 0.29) is 12.5 Å². The fraction of sp³-hybridized carbons (Fsp3) is 0.600. The second-order valence-electron chi connectivity index (χ2n) is 5.44. The van der Waals surface area contributed by atoms with Crippen LogP contribution in [0.5, 0.6) is 0 Å². The molecule has 0 aromatic heterocycles. The normalized spacial score (nSPS) is 17.8. The molecular formula is C15H23BrFNO. The summed E-state index contributed by atoms with van der Waals surface area (Å²) in [5, 5.41) is 0.